The van der Waals surface area contributed by atoms with Gasteiger partial charge in [-0.3, -0.25) is 0 Å². The molecule has 1 aromatic rings. The van der Waals surface area contributed by atoms with Crippen LogP contribution in [0.2, 0.25) is 0 Å². The van der Waals surface area contributed by atoms with Gasteiger partial charge in [-0.1, -0.05) is 12.1 Å². The first-order chi connectivity index (χ1) is 8.63. The van der Waals surface area contributed by atoms with Crippen molar-refractivity contribution in [2.75, 3.05) is 0 Å². The molecule has 0 spiro atoms. The van der Waals surface area contributed by atoms with Crippen molar-refractivity contribution in [2.24, 2.45) is 0 Å². The molecule has 2 rings (SSSR count). The number of carbonyl (C=O) groups is 1. The molecule has 2 amide bonds. The molecule has 98 valence electrons. The maximum atomic E-state index is 11.5. The summed E-state index contributed by atoms with van der Waals surface area (Å²) in [5.41, 5.74) is 1.17. The summed E-state index contributed by atoms with van der Waals surface area (Å²) in [4.78, 5) is 11.5. The van der Waals surface area contributed by atoms with E-state index in [1.807, 2.05) is 19.1 Å². The molecule has 0 radical (unpaired) electrons. The van der Waals surface area contributed by atoms with Crippen molar-refractivity contribution in [3.63, 3.8) is 0 Å². The number of hydrogen-bond donors (Lipinski definition) is 3. The third-order valence-electron chi connectivity index (χ3n) is 3.09. The van der Waals surface area contributed by atoms with Crippen molar-refractivity contribution in [1.82, 2.24) is 10.6 Å². The van der Waals surface area contributed by atoms with Crippen LogP contribution >= 0.6 is 0 Å². The molecule has 1 atom stereocenters. The average Bonchev–Trinajstić information content (AvgIpc) is 3.12. The molecule has 18 heavy (non-hydrogen) atoms. The highest BCUT2D eigenvalue weighted by Gasteiger charge is 2.23. The van der Waals surface area contributed by atoms with Gasteiger partial charge in [0.05, 0.1) is 0 Å². The van der Waals surface area contributed by atoms with Gasteiger partial charge >= 0.3 is 6.03 Å². The van der Waals surface area contributed by atoms with Crippen LogP contribution in [0.5, 0.6) is 5.75 Å². The lowest BCUT2D eigenvalue weighted by Gasteiger charge is -2.14. The minimum absolute atomic E-state index is 0.0595. The summed E-state index contributed by atoms with van der Waals surface area (Å²) < 4.78 is 0. The maximum absolute atomic E-state index is 11.5. The van der Waals surface area contributed by atoms with Gasteiger partial charge in [0.1, 0.15) is 5.75 Å². The lowest BCUT2D eigenvalue weighted by atomic mass is 10.1. The predicted octanol–water partition coefficient (Wildman–Crippen LogP) is 2.17. The van der Waals surface area contributed by atoms with E-state index in [1.165, 1.54) is 5.56 Å². The fraction of sp³-hybridized carbons (Fsp3) is 0.500. The van der Waals surface area contributed by atoms with Crippen molar-refractivity contribution in [3.8, 4) is 5.75 Å². The summed E-state index contributed by atoms with van der Waals surface area (Å²) in [5, 5.41) is 15.0. The van der Waals surface area contributed by atoms with E-state index in [1.54, 1.807) is 12.1 Å². The van der Waals surface area contributed by atoms with E-state index < -0.39 is 0 Å². The molecule has 0 aliphatic heterocycles. The number of urea groups is 1. The topological polar surface area (TPSA) is 61.4 Å². The second-order valence-electron chi connectivity index (χ2n) is 5.00. The van der Waals surface area contributed by atoms with E-state index in [4.69, 9.17) is 0 Å². The van der Waals surface area contributed by atoms with Crippen LogP contribution < -0.4 is 10.6 Å². The van der Waals surface area contributed by atoms with Gasteiger partial charge in [0.25, 0.3) is 0 Å². The van der Waals surface area contributed by atoms with Gasteiger partial charge in [0, 0.05) is 12.1 Å². The summed E-state index contributed by atoms with van der Waals surface area (Å²) in [5.74, 6) is 0.286. The van der Waals surface area contributed by atoms with E-state index in [2.05, 4.69) is 10.6 Å². The minimum atomic E-state index is -0.0595. The molecular formula is C14H20N2O2. The Balaban J connectivity index is 1.68. The Kier molecular flexibility index (Phi) is 4.07. The van der Waals surface area contributed by atoms with Crippen LogP contribution in [0.4, 0.5) is 4.79 Å². The van der Waals surface area contributed by atoms with E-state index >= 15 is 0 Å². The third kappa shape index (κ3) is 4.28. The zero-order valence-corrected chi connectivity index (χ0v) is 10.6. The Morgan fingerprint density at radius 1 is 1.39 bits per heavy atom. The van der Waals surface area contributed by atoms with Crippen molar-refractivity contribution in [2.45, 2.75) is 44.7 Å². The van der Waals surface area contributed by atoms with Crippen molar-refractivity contribution >= 4 is 6.03 Å². The second kappa shape index (κ2) is 5.76. The highest BCUT2D eigenvalue weighted by Crippen LogP contribution is 2.18. The second-order valence-corrected chi connectivity index (χ2v) is 5.00. The number of rotatable bonds is 5. The number of aromatic hydroxyl groups is 1. The summed E-state index contributed by atoms with van der Waals surface area (Å²) in [6, 6.07) is 7.68. The van der Waals surface area contributed by atoms with E-state index in [-0.39, 0.29) is 17.8 Å². The molecule has 4 nitrogen and oxygen atoms in total. The van der Waals surface area contributed by atoms with E-state index in [0.29, 0.717) is 6.04 Å². The van der Waals surface area contributed by atoms with Crippen LogP contribution in [0.3, 0.4) is 0 Å². The largest absolute Gasteiger partial charge is 0.508 e. The summed E-state index contributed by atoms with van der Waals surface area (Å²) in [6.45, 7) is 2.01. The first kappa shape index (κ1) is 12.7. The van der Waals surface area contributed by atoms with Gasteiger partial charge < -0.3 is 15.7 Å². The molecule has 1 aliphatic rings. The standard InChI is InChI=1S/C14H20N2O2/c1-10(15-14(18)16-12-6-7-12)2-3-11-4-8-13(17)9-5-11/h4-5,8-10,12,17H,2-3,6-7H2,1H3,(H2,15,16,18). The number of phenols is 1. The van der Waals surface area contributed by atoms with Crippen LogP contribution in [0.15, 0.2) is 24.3 Å². The molecule has 1 unspecified atom stereocenters. The summed E-state index contributed by atoms with van der Waals surface area (Å²) in [6.07, 6.45) is 4.00. The third-order valence-corrected chi connectivity index (χ3v) is 3.09. The predicted molar refractivity (Wildman–Crippen MR) is 70.6 cm³/mol. The van der Waals surface area contributed by atoms with Gasteiger partial charge in [-0.15, -0.1) is 0 Å². The minimum Gasteiger partial charge on any atom is -0.508 e. The number of carbonyl (C=O) groups excluding carboxylic acids is 1. The van der Waals surface area contributed by atoms with E-state index in [9.17, 15) is 9.90 Å². The van der Waals surface area contributed by atoms with Crippen molar-refractivity contribution < 1.29 is 9.90 Å². The number of aryl methyl sites for hydroxylation is 1. The Hall–Kier alpha value is -1.71. The smallest absolute Gasteiger partial charge is 0.315 e. The molecule has 0 heterocycles. The Labute approximate surface area is 107 Å². The molecule has 1 fully saturated rings. The lowest BCUT2D eigenvalue weighted by Crippen LogP contribution is -2.41. The van der Waals surface area contributed by atoms with Gasteiger partial charge in [-0.2, -0.15) is 0 Å². The quantitative estimate of drug-likeness (QED) is 0.748. The maximum Gasteiger partial charge on any atom is 0.315 e. The molecule has 0 saturated heterocycles. The van der Waals surface area contributed by atoms with Crippen molar-refractivity contribution in [3.05, 3.63) is 29.8 Å². The van der Waals surface area contributed by atoms with Crippen LogP contribution in [0.1, 0.15) is 31.7 Å². The van der Waals surface area contributed by atoms with Gasteiger partial charge in [0.2, 0.25) is 0 Å². The Morgan fingerprint density at radius 3 is 2.67 bits per heavy atom. The molecule has 4 heteroatoms. The first-order valence-corrected chi connectivity index (χ1v) is 6.48. The zero-order valence-electron chi connectivity index (χ0n) is 10.6. The number of hydrogen-bond acceptors (Lipinski definition) is 2. The number of phenolic OH excluding ortho intramolecular Hbond substituents is 1. The monoisotopic (exact) mass is 248 g/mol. The highest BCUT2D eigenvalue weighted by atomic mass is 16.3. The van der Waals surface area contributed by atoms with Crippen LogP contribution in [-0.2, 0) is 6.42 Å². The lowest BCUT2D eigenvalue weighted by molar-refractivity contribution is 0.237. The molecule has 1 aromatic carbocycles. The number of nitrogens with one attached hydrogen (secondary N) is 2. The van der Waals surface area contributed by atoms with Crippen LogP contribution in [0, 0.1) is 0 Å². The average molecular weight is 248 g/mol. The van der Waals surface area contributed by atoms with Gasteiger partial charge in [-0.25, -0.2) is 4.79 Å². The van der Waals surface area contributed by atoms with Crippen LogP contribution in [0.25, 0.3) is 0 Å². The Bertz CT molecular complexity index is 399. The fourth-order valence-electron chi connectivity index (χ4n) is 1.80. The molecule has 3 N–H and O–H groups in total. The summed E-state index contributed by atoms with van der Waals surface area (Å²) in [7, 11) is 0. The molecule has 1 saturated carbocycles. The Morgan fingerprint density at radius 2 is 2.06 bits per heavy atom. The molecule has 0 aromatic heterocycles. The van der Waals surface area contributed by atoms with Crippen LogP contribution in [-0.4, -0.2) is 23.2 Å². The van der Waals surface area contributed by atoms with Gasteiger partial charge in [-0.05, 0) is 50.3 Å². The molecular weight excluding hydrogens is 228 g/mol. The zero-order chi connectivity index (χ0) is 13.0. The number of amides is 2. The molecule has 0 bridgehead atoms. The summed E-state index contributed by atoms with van der Waals surface area (Å²) >= 11 is 0. The SMILES string of the molecule is CC(CCc1ccc(O)cc1)NC(=O)NC1CC1. The first-order valence-electron chi connectivity index (χ1n) is 6.48. The molecule has 1 aliphatic carbocycles. The fourth-order valence-corrected chi connectivity index (χ4v) is 1.80. The van der Waals surface area contributed by atoms with Gasteiger partial charge in [0.15, 0.2) is 0 Å². The van der Waals surface area contributed by atoms with Crippen molar-refractivity contribution in [1.29, 1.82) is 0 Å². The van der Waals surface area contributed by atoms with E-state index in [0.717, 1.165) is 25.7 Å². The number of benzene rings is 1. The normalized spacial score (nSPS) is 16.1. The highest BCUT2D eigenvalue weighted by molar-refractivity contribution is 5.74.